The van der Waals surface area contributed by atoms with E-state index in [1.165, 1.54) is 0 Å². The molecule has 0 saturated carbocycles. The number of pyridine rings is 1. The Morgan fingerprint density at radius 1 is 1.45 bits per heavy atom. The predicted octanol–water partition coefficient (Wildman–Crippen LogP) is -1.81. The standard InChI is InChI=1S/C5H5BFNO3/c7-4-2-1-3(6(10)11)5(9)8-4/h1-2,10-11H,(H,8,9). The molecule has 0 aromatic carbocycles. The van der Waals surface area contributed by atoms with Crippen LogP contribution in [0.5, 0.6) is 0 Å². The van der Waals surface area contributed by atoms with E-state index >= 15 is 0 Å². The number of aromatic nitrogens is 1. The van der Waals surface area contributed by atoms with Crippen LogP contribution in [0, 0.1) is 5.95 Å². The Morgan fingerprint density at radius 2 is 2.09 bits per heavy atom. The molecule has 11 heavy (non-hydrogen) atoms. The maximum atomic E-state index is 12.2. The van der Waals surface area contributed by atoms with E-state index in [-0.39, 0.29) is 5.46 Å². The van der Waals surface area contributed by atoms with Crippen LogP contribution in [-0.2, 0) is 0 Å². The van der Waals surface area contributed by atoms with Crippen molar-refractivity contribution < 1.29 is 14.4 Å². The molecule has 0 bridgehead atoms. The predicted molar refractivity (Wildman–Crippen MR) is 36.8 cm³/mol. The summed E-state index contributed by atoms with van der Waals surface area (Å²) in [6.45, 7) is 0. The summed E-state index contributed by atoms with van der Waals surface area (Å²) >= 11 is 0. The Morgan fingerprint density at radius 3 is 2.55 bits per heavy atom. The molecule has 0 fully saturated rings. The van der Waals surface area contributed by atoms with Gasteiger partial charge in [0.25, 0.3) is 0 Å². The van der Waals surface area contributed by atoms with Crippen LogP contribution in [0.3, 0.4) is 0 Å². The highest BCUT2D eigenvalue weighted by atomic mass is 19.1. The summed E-state index contributed by atoms with van der Waals surface area (Å²) in [5.74, 6) is -0.806. The molecule has 1 heterocycles. The van der Waals surface area contributed by atoms with Gasteiger partial charge in [-0.25, -0.2) is 0 Å². The molecule has 0 unspecified atom stereocenters. The monoisotopic (exact) mass is 157 g/mol. The number of hydrogen-bond donors (Lipinski definition) is 3. The molecule has 0 amide bonds. The van der Waals surface area contributed by atoms with Gasteiger partial charge in [-0.15, -0.1) is 0 Å². The molecule has 3 N–H and O–H groups in total. The van der Waals surface area contributed by atoms with E-state index in [1.54, 1.807) is 4.98 Å². The van der Waals surface area contributed by atoms with Crippen molar-refractivity contribution in [2.24, 2.45) is 0 Å². The van der Waals surface area contributed by atoms with Crippen LogP contribution >= 0.6 is 0 Å². The molecule has 0 saturated heterocycles. The van der Waals surface area contributed by atoms with E-state index in [1.807, 2.05) is 0 Å². The van der Waals surface area contributed by atoms with Crippen molar-refractivity contribution in [1.29, 1.82) is 0 Å². The molecule has 0 aliphatic rings. The highest BCUT2D eigenvalue weighted by molar-refractivity contribution is 6.58. The van der Waals surface area contributed by atoms with Gasteiger partial charge in [-0.3, -0.25) is 9.78 Å². The van der Waals surface area contributed by atoms with Crippen LogP contribution in [-0.4, -0.2) is 22.2 Å². The van der Waals surface area contributed by atoms with Crippen molar-refractivity contribution in [3.05, 3.63) is 28.4 Å². The fourth-order valence-electron chi connectivity index (χ4n) is 0.664. The van der Waals surface area contributed by atoms with Crippen LogP contribution in [0.4, 0.5) is 4.39 Å². The first-order valence-electron chi connectivity index (χ1n) is 2.86. The van der Waals surface area contributed by atoms with Crippen molar-refractivity contribution in [3.63, 3.8) is 0 Å². The summed E-state index contributed by atoms with van der Waals surface area (Å²) in [6.07, 6.45) is 0. The molecule has 0 aliphatic carbocycles. The number of H-pyrrole nitrogens is 1. The van der Waals surface area contributed by atoms with E-state index < -0.39 is 18.6 Å². The van der Waals surface area contributed by atoms with E-state index in [9.17, 15) is 9.18 Å². The van der Waals surface area contributed by atoms with Crippen LogP contribution < -0.4 is 11.0 Å². The van der Waals surface area contributed by atoms with Crippen LogP contribution in [0.25, 0.3) is 0 Å². The normalized spacial score (nSPS) is 9.73. The van der Waals surface area contributed by atoms with Gasteiger partial charge < -0.3 is 10.0 Å². The van der Waals surface area contributed by atoms with Gasteiger partial charge >= 0.3 is 7.12 Å². The van der Waals surface area contributed by atoms with Crippen LogP contribution in [0.2, 0.25) is 0 Å². The molecule has 58 valence electrons. The maximum absolute atomic E-state index is 12.2. The van der Waals surface area contributed by atoms with Gasteiger partial charge in [-0.1, -0.05) is 6.07 Å². The minimum absolute atomic E-state index is 0.272. The lowest BCUT2D eigenvalue weighted by Gasteiger charge is -1.95. The quantitative estimate of drug-likeness (QED) is 0.332. The van der Waals surface area contributed by atoms with Crippen molar-refractivity contribution >= 4 is 12.6 Å². The topological polar surface area (TPSA) is 73.3 Å². The van der Waals surface area contributed by atoms with Crippen molar-refractivity contribution in [2.75, 3.05) is 0 Å². The average molecular weight is 157 g/mol. The fourth-order valence-corrected chi connectivity index (χ4v) is 0.664. The second-order valence-electron chi connectivity index (χ2n) is 1.96. The lowest BCUT2D eigenvalue weighted by molar-refractivity contribution is 0.425. The molecule has 0 atom stereocenters. The van der Waals surface area contributed by atoms with Gasteiger partial charge in [0.15, 0.2) is 5.95 Å². The lowest BCUT2D eigenvalue weighted by atomic mass is 9.81. The Labute approximate surface area is 61.5 Å². The zero-order valence-electron chi connectivity index (χ0n) is 5.41. The molecule has 4 nitrogen and oxygen atoms in total. The highest BCUT2D eigenvalue weighted by Gasteiger charge is 2.14. The summed E-state index contributed by atoms with van der Waals surface area (Å²) < 4.78 is 12.2. The van der Waals surface area contributed by atoms with Gasteiger partial charge in [0.1, 0.15) is 0 Å². The van der Waals surface area contributed by atoms with Gasteiger partial charge in [-0.2, -0.15) is 4.39 Å². The first-order chi connectivity index (χ1) is 5.11. The zero-order chi connectivity index (χ0) is 8.43. The number of halogens is 1. The minimum atomic E-state index is -1.86. The first kappa shape index (κ1) is 7.97. The summed E-state index contributed by atoms with van der Waals surface area (Å²) in [7, 11) is -1.86. The molecule has 0 aliphatic heterocycles. The molecule has 1 rings (SSSR count). The van der Waals surface area contributed by atoms with E-state index in [2.05, 4.69) is 0 Å². The molecule has 1 aromatic heterocycles. The molecular formula is C5H5BFNO3. The Balaban J connectivity index is 3.21. The van der Waals surface area contributed by atoms with Gasteiger partial charge in [0.2, 0.25) is 5.56 Å². The molecular weight excluding hydrogens is 152 g/mol. The zero-order valence-corrected chi connectivity index (χ0v) is 5.41. The number of hydrogen-bond acceptors (Lipinski definition) is 3. The second-order valence-corrected chi connectivity index (χ2v) is 1.96. The van der Waals surface area contributed by atoms with E-state index in [0.29, 0.717) is 0 Å². The van der Waals surface area contributed by atoms with Gasteiger partial charge in [-0.05, 0) is 6.07 Å². The highest BCUT2D eigenvalue weighted by Crippen LogP contribution is 1.82. The minimum Gasteiger partial charge on any atom is -0.423 e. The number of aromatic amines is 1. The summed E-state index contributed by atoms with van der Waals surface area (Å²) in [5, 5.41) is 17.0. The Hall–Kier alpha value is -1.14. The SMILES string of the molecule is O=c1[nH]c(F)ccc1B(O)O. The van der Waals surface area contributed by atoms with E-state index in [4.69, 9.17) is 10.0 Å². The van der Waals surface area contributed by atoms with Crippen LogP contribution in [0.15, 0.2) is 16.9 Å². The third-order valence-corrected chi connectivity index (χ3v) is 1.18. The van der Waals surface area contributed by atoms with Crippen molar-refractivity contribution in [1.82, 2.24) is 4.98 Å². The van der Waals surface area contributed by atoms with Crippen molar-refractivity contribution in [3.8, 4) is 0 Å². The summed E-state index contributed by atoms with van der Waals surface area (Å²) in [4.78, 5) is 12.4. The molecule has 0 radical (unpaired) electrons. The van der Waals surface area contributed by atoms with Gasteiger partial charge in [0, 0.05) is 5.46 Å². The Bertz CT molecular complexity index is 311. The number of rotatable bonds is 1. The average Bonchev–Trinajstić information content (AvgIpc) is 1.85. The Kier molecular flexibility index (Phi) is 2.07. The first-order valence-corrected chi connectivity index (χ1v) is 2.86. The molecule has 0 spiro atoms. The maximum Gasteiger partial charge on any atom is 0.494 e. The summed E-state index contributed by atoms with van der Waals surface area (Å²) in [6, 6.07) is 1.95. The number of nitrogens with one attached hydrogen (secondary N) is 1. The fraction of sp³-hybridized carbons (Fsp3) is 0. The molecule has 6 heteroatoms. The lowest BCUT2D eigenvalue weighted by Crippen LogP contribution is -2.42. The van der Waals surface area contributed by atoms with Gasteiger partial charge in [0.05, 0.1) is 0 Å². The second kappa shape index (κ2) is 2.85. The smallest absolute Gasteiger partial charge is 0.423 e. The van der Waals surface area contributed by atoms with E-state index in [0.717, 1.165) is 12.1 Å². The largest absolute Gasteiger partial charge is 0.494 e. The van der Waals surface area contributed by atoms with Crippen LogP contribution in [0.1, 0.15) is 0 Å². The van der Waals surface area contributed by atoms with Crippen molar-refractivity contribution in [2.45, 2.75) is 0 Å². The summed E-state index contributed by atoms with van der Waals surface area (Å²) in [5.41, 5.74) is -1.11. The third-order valence-electron chi connectivity index (χ3n) is 1.18. The third kappa shape index (κ3) is 1.66. The molecule has 1 aromatic rings.